The summed E-state index contributed by atoms with van der Waals surface area (Å²) >= 11 is 16.2. The van der Waals surface area contributed by atoms with E-state index in [1.807, 2.05) is 41.3 Å². The van der Waals surface area contributed by atoms with E-state index in [4.69, 9.17) is 23.2 Å². The number of rotatable bonds is 2. The second-order valence-corrected chi connectivity index (χ2v) is 8.17. The van der Waals surface area contributed by atoms with Crippen LogP contribution in [0.25, 0.3) is 0 Å². The van der Waals surface area contributed by atoms with Crippen LogP contribution in [0.1, 0.15) is 21.3 Å². The van der Waals surface area contributed by atoms with Crippen molar-refractivity contribution in [3.8, 4) is 0 Å². The summed E-state index contributed by atoms with van der Waals surface area (Å²) < 4.78 is 1.11. The minimum atomic E-state index is -0.0588. The second-order valence-electron chi connectivity index (χ2n) is 4.89. The lowest BCUT2D eigenvalue weighted by Crippen LogP contribution is -2.30. The van der Waals surface area contributed by atoms with Crippen LogP contribution in [-0.4, -0.2) is 23.1 Å². The van der Waals surface area contributed by atoms with Gasteiger partial charge in [0, 0.05) is 37.0 Å². The van der Waals surface area contributed by atoms with Gasteiger partial charge < -0.3 is 4.90 Å². The summed E-state index contributed by atoms with van der Waals surface area (Å²) in [6.07, 6.45) is 0. The normalized spacial score (nSPS) is 17.8. The van der Waals surface area contributed by atoms with E-state index in [-0.39, 0.29) is 11.3 Å². The zero-order valence-electron chi connectivity index (χ0n) is 11.4. The summed E-state index contributed by atoms with van der Waals surface area (Å²) in [6, 6.07) is 13.1. The Balaban J connectivity index is 1.89. The number of hydrogen-bond acceptors (Lipinski definition) is 2. The lowest BCUT2D eigenvalue weighted by atomic mass is 10.1. The molecule has 3 rings (SSSR count). The predicted molar refractivity (Wildman–Crippen MR) is 102 cm³/mol. The monoisotopic (exact) mass is 463 g/mol. The highest BCUT2D eigenvalue weighted by Crippen LogP contribution is 2.42. The highest BCUT2D eigenvalue weighted by molar-refractivity contribution is 14.1. The largest absolute Gasteiger partial charge is 0.322 e. The van der Waals surface area contributed by atoms with E-state index in [1.54, 1.807) is 17.8 Å². The van der Waals surface area contributed by atoms with Gasteiger partial charge in [-0.15, -0.1) is 11.8 Å². The minimum Gasteiger partial charge on any atom is -0.322 e. The molecule has 1 atom stereocenters. The van der Waals surface area contributed by atoms with Gasteiger partial charge in [0.05, 0.1) is 0 Å². The summed E-state index contributed by atoms with van der Waals surface area (Å²) in [5, 5.41) is 1.15. The van der Waals surface area contributed by atoms with Crippen molar-refractivity contribution < 1.29 is 4.79 Å². The minimum absolute atomic E-state index is 0.0393. The third-order valence-electron chi connectivity index (χ3n) is 3.47. The zero-order chi connectivity index (χ0) is 15.7. The van der Waals surface area contributed by atoms with Gasteiger partial charge >= 0.3 is 0 Å². The standard InChI is InChI=1S/C16H12Cl2INOS/c17-11-3-6-13(14(18)9-11)16-20(7-8-22-16)15(21)10-1-4-12(19)5-2-10/h1-6,9,16H,7-8H2. The molecule has 22 heavy (non-hydrogen) atoms. The predicted octanol–water partition coefficient (Wildman–Crippen LogP) is 5.49. The Bertz CT molecular complexity index is 708. The Kier molecular flexibility index (Phi) is 5.22. The van der Waals surface area contributed by atoms with Crippen molar-refractivity contribution in [2.24, 2.45) is 0 Å². The fourth-order valence-corrected chi connectivity index (χ4v) is 4.62. The molecule has 1 aliphatic rings. The molecule has 0 bridgehead atoms. The van der Waals surface area contributed by atoms with Crippen LogP contribution in [0.15, 0.2) is 42.5 Å². The van der Waals surface area contributed by atoms with E-state index >= 15 is 0 Å². The van der Waals surface area contributed by atoms with Crippen molar-refractivity contribution in [2.45, 2.75) is 5.37 Å². The van der Waals surface area contributed by atoms with E-state index in [1.165, 1.54) is 0 Å². The maximum absolute atomic E-state index is 12.8. The Labute approximate surface area is 157 Å². The summed E-state index contributed by atoms with van der Waals surface area (Å²) in [5.41, 5.74) is 1.64. The van der Waals surface area contributed by atoms with Crippen molar-refractivity contribution in [3.05, 3.63) is 67.2 Å². The Morgan fingerprint density at radius 2 is 1.91 bits per heavy atom. The maximum Gasteiger partial charge on any atom is 0.255 e. The van der Waals surface area contributed by atoms with Crippen LogP contribution in [0, 0.1) is 3.57 Å². The second kappa shape index (κ2) is 6.99. The molecule has 1 aliphatic heterocycles. The summed E-state index contributed by atoms with van der Waals surface area (Å²) in [7, 11) is 0. The van der Waals surface area contributed by atoms with Gasteiger partial charge in [-0.2, -0.15) is 0 Å². The molecule has 1 saturated heterocycles. The van der Waals surface area contributed by atoms with Crippen LogP contribution < -0.4 is 0 Å². The van der Waals surface area contributed by atoms with E-state index in [0.29, 0.717) is 15.6 Å². The fourth-order valence-electron chi connectivity index (χ4n) is 2.40. The summed E-state index contributed by atoms with van der Waals surface area (Å²) in [4.78, 5) is 14.6. The molecule has 2 aromatic carbocycles. The van der Waals surface area contributed by atoms with Crippen molar-refractivity contribution in [1.29, 1.82) is 0 Å². The number of carbonyl (C=O) groups excluding carboxylic acids is 1. The number of benzene rings is 2. The van der Waals surface area contributed by atoms with E-state index in [0.717, 1.165) is 21.4 Å². The molecular weight excluding hydrogens is 452 g/mol. The number of thioether (sulfide) groups is 1. The molecule has 2 aromatic rings. The van der Waals surface area contributed by atoms with E-state index < -0.39 is 0 Å². The van der Waals surface area contributed by atoms with Crippen molar-refractivity contribution in [2.75, 3.05) is 12.3 Å². The van der Waals surface area contributed by atoms with Gasteiger partial charge in [0.25, 0.3) is 5.91 Å². The van der Waals surface area contributed by atoms with Gasteiger partial charge in [-0.05, 0) is 59.0 Å². The smallest absolute Gasteiger partial charge is 0.255 e. The molecule has 6 heteroatoms. The first kappa shape index (κ1) is 16.4. The first-order chi connectivity index (χ1) is 10.6. The Morgan fingerprint density at radius 3 is 2.59 bits per heavy atom. The van der Waals surface area contributed by atoms with Crippen molar-refractivity contribution >= 4 is 63.5 Å². The van der Waals surface area contributed by atoms with Crippen LogP contribution >= 0.6 is 57.6 Å². The first-order valence-corrected chi connectivity index (χ1v) is 9.57. The molecule has 0 N–H and O–H groups in total. The zero-order valence-corrected chi connectivity index (χ0v) is 15.9. The van der Waals surface area contributed by atoms with Gasteiger partial charge in [0.15, 0.2) is 0 Å². The molecule has 1 fully saturated rings. The quantitative estimate of drug-likeness (QED) is 0.549. The SMILES string of the molecule is O=C(c1ccc(I)cc1)N1CCSC1c1ccc(Cl)cc1Cl. The van der Waals surface area contributed by atoms with E-state index in [2.05, 4.69) is 22.6 Å². The van der Waals surface area contributed by atoms with Crippen LogP contribution in [0.5, 0.6) is 0 Å². The Morgan fingerprint density at radius 1 is 1.18 bits per heavy atom. The molecule has 1 unspecified atom stereocenters. The van der Waals surface area contributed by atoms with Crippen LogP contribution in [0.3, 0.4) is 0 Å². The number of hydrogen-bond donors (Lipinski definition) is 0. The highest BCUT2D eigenvalue weighted by Gasteiger charge is 2.32. The lowest BCUT2D eigenvalue weighted by Gasteiger charge is -2.25. The average Bonchev–Trinajstić information content (AvgIpc) is 2.96. The number of halogens is 3. The molecule has 0 aromatic heterocycles. The molecule has 114 valence electrons. The van der Waals surface area contributed by atoms with Gasteiger partial charge in [0.2, 0.25) is 0 Å². The first-order valence-electron chi connectivity index (χ1n) is 6.69. The topological polar surface area (TPSA) is 20.3 Å². The van der Waals surface area contributed by atoms with Crippen LogP contribution in [0.2, 0.25) is 10.0 Å². The molecular formula is C16H12Cl2INOS. The summed E-state index contributed by atoms with van der Waals surface area (Å²) in [5.74, 6) is 0.942. The van der Waals surface area contributed by atoms with E-state index in [9.17, 15) is 4.79 Å². The van der Waals surface area contributed by atoms with Crippen LogP contribution in [-0.2, 0) is 0 Å². The number of nitrogens with zero attached hydrogens (tertiary/aromatic N) is 1. The highest BCUT2D eigenvalue weighted by atomic mass is 127. The van der Waals surface area contributed by atoms with Gasteiger partial charge in [0.1, 0.15) is 5.37 Å². The molecule has 1 amide bonds. The van der Waals surface area contributed by atoms with Crippen molar-refractivity contribution in [3.63, 3.8) is 0 Å². The fraction of sp³-hybridized carbons (Fsp3) is 0.188. The van der Waals surface area contributed by atoms with Crippen LogP contribution in [0.4, 0.5) is 0 Å². The molecule has 2 nitrogen and oxygen atoms in total. The average molecular weight is 464 g/mol. The molecule has 0 saturated carbocycles. The van der Waals surface area contributed by atoms with Crippen molar-refractivity contribution in [1.82, 2.24) is 4.90 Å². The third kappa shape index (κ3) is 3.40. The van der Waals surface area contributed by atoms with Gasteiger partial charge in [-0.25, -0.2) is 0 Å². The molecule has 0 spiro atoms. The van der Waals surface area contributed by atoms with Gasteiger partial charge in [-0.1, -0.05) is 29.3 Å². The number of amides is 1. The number of carbonyl (C=O) groups is 1. The maximum atomic E-state index is 12.8. The molecule has 0 radical (unpaired) electrons. The Hall–Kier alpha value is -0.430. The molecule has 0 aliphatic carbocycles. The van der Waals surface area contributed by atoms with Gasteiger partial charge in [-0.3, -0.25) is 4.79 Å². The molecule has 1 heterocycles. The third-order valence-corrected chi connectivity index (χ3v) is 6.00. The summed E-state index contributed by atoms with van der Waals surface area (Å²) in [6.45, 7) is 0.721. The lowest BCUT2D eigenvalue weighted by molar-refractivity contribution is 0.0760.